The highest BCUT2D eigenvalue weighted by molar-refractivity contribution is 5.67. The second-order valence-electron chi connectivity index (χ2n) is 4.95. The number of carbonyl (C=O) groups excluding carboxylic acids is 1. The predicted molar refractivity (Wildman–Crippen MR) is 65.8 cm³/mol. The highest BCUT2D eigenvalue weighted by Gasteiger charge is 2.15. The van der Waals surface area contributed by atoms with Crippen LogP contribution in [0.3, 0.4) is 0 Å². The second kappa shape index (κ2) is 5.70. The molecule has 5 heteroatoms. The third-order valence-electron chi connectivity index (χ3n) is 2.17. The molecule has 0 spiro atoms. The van der Waals surface area contributed by atoms with Crippen LogP contribution in [0.4, 0.5) is 4.79 Å². The summed E-state index contributed by atoms with van der Waals surface area (Å²) in [6.45, 7) is 8.96. The lowest BCUT2D eigenvalue weighted by molar-refractivity contribution is 0.0526. The van der Waals surface area contributed by atoms with Crippen LogP contribution in [-0.2, 0) is 11.3 Å². The molecule has 1 aromatic heterocycles. The minimum Gasteiger partial charge on any atom is -0.444 e. The molecule has 1 aromatic rings. The molecule has 0 saturated carbocycles. The van der Waals surface area contributed by atoms with Gasteiger partial charge in [-0.3, -0.25) is 0 Å². The topological polar surface area (TPSA) is 56.2 Å². The molecule has 0 radical (unpaired) electrons. The van der Waals surface area contributed by atoms with E-state index in [0.29, 0.717) is 6.54 Å². The molecular weight excluding hydrogens is 218 g/mol. The van der Waals surface area contributed by atoms with Gasteiger partial charge in [0.1, 0.15) is 11.4 Å². The van der Waals surface area contributed by atoms with Crippen molar-refractivity contribution < 1.29 is 9.53 Å². The number of aromatic nitrogens is 2. The van der Waals surface area contributed by atoms with Crippen LogP contribution in [0.1, 0.15) is 33.0 Å². The van der Waals surface area contributed by atoms with E-state index in [0.717, 1.165) is 18.8 Å². The van der Waals surface area contributed by atoms with Gasteiger partial charge in [0.15, 0.2) is 0 Å². The average Bonchev–Trinajstić information content (AvgIpc) is 2.56. The van der Waals surface area contributed by atoms with E-state index in [4.69, 9.17) is 4.74 Å². The van der Waals surface area contributed by atoms with Crippen LogP contribution in [0, 0.1) is 6.92 Å². The Kier molecular flexibility index (Phi) is 4.54. The van der Waals surface area contributed by atoms with Gasteiger partial charge in [0, 0.05) is 25.5 Å². The van der Waals surface area contributed by atoms with Crippen molar-refractivity contribution in [3.63, 3.8) is 0 Å². The number of nitrogens with one attached hydrogen (secondary N) is 1. The molecule has 1 amide bonds. The quantitative estimate of drug-likeness (QED) is 0.819. The Labute approximate surface area is 102 Å². The van der Waals surface area contributed by atoms with Crippen molar-refractivity contribution >= 4 is 6.09 Å². The molecule has 17 heavy (non-hydrogen) atoms. The summed E-state index contributed by atoms with van der Waals surface area (Å²) in [7, 11) is 0. The summed E-state index contributed by atoms with van der Waals surface area (Å²) < 4.78 is 7.18. The summed E-state index contributed by atoms with van der Waals surface area (Å²) in [4.78, 5) is 15.5. The van der Waals surface area contributed by atoms with Crippen molar-refractivity contribution in [3.05, 3.63) is 18.2 Å². The van der Waals surface area contributed by atoms with Crippen LogP contribution < -0.4 is 5.32 Å². The van der Waals surface area contributed by atoms with Crippen LogP contribution in [0.25, 0.3) is 0 Å². The first-order chi connectivity index (χ1) is 7.88. The number of nitrogens with zero attached hydrogens (tertiary/aromatic N) is 2. The lowest BCUT2D eigenvalue weighted by Gasteiger charge is -2.19. The van der Waals surface area contributed by atoms with Gasteiger partial charge >= 0.3 is 6.09 Å². The first kappa shape index (κ1) is 13.5. The number of imidazole rings is 1. The molecule has 1 rings (SSSR count). The zero-order valence-electron chi connectivity index (χ0n) is 11.0. The third-order valence-corrected chi connectivity index (χ3v) is 2.17. The number of ether oxygens (including phenoxy) is 1. The van der Waals surface area contributed by atoms with Crippen molar-refractivity contribution in [2.24, 2.45) is 0 Å². The molecule has 1 N–H and O–H groups in total. The summed E-state index contributed by atoms with van der Waals surface area (Å²) in [5.41, 5.74) is -0.439. The highest BCUT2D eigenvalue weighted by Crippen LogP contribution is 2.06. The number of aryl methyl sites for hydroxylation is 2. The lowest BCUT2D eigenvalue weighted by Crippen LogP contribution is -2.33. The summed E-state index contributed by atoms with van der Waals surface area (Å²) in [6.07, 6.45) is 4.20. The Balaban J connectivity index is 2.17. The van der Waals surface area contributed by atoms with Gasteiger partial charge in [0.2, 0.25) is 0 Å². The minimum absolute atomic E-state index is 0.361. The van der Waals surface area contributed by atoms with Gasteiger partial charge in [-0.25, -0.2) is 9.78 Å². The van der Waals surface area contributed by atoms with Crippen LogP contribution in [-0.4, -0.2) is 27.8 Å². The van der Waals surface area contributed by atoms with Gasteiger partial charge in [-0.2, -0.15) is 0 Å². The van der Waals surface area contributed by atoms with Gasteiger partial charge in [0.25, 0.3) is 0 Å². The van der Waals surface area contributed by atoms with E-state index in [1.165, 1.54) is 0 Å². The van der Waals surface area contributed by atoms with Gasteiger partial charge in [-0.1, -0.05) is 0 Å². The van der Waals surface area contributed by atoms with Gasteiger partial charge in [-0.05, 0) is 34.1 Å². The predicted octanol–water partition coefficient (Wildman–Crippen LogP) is 2.11. The van der Waals surface area contributed by atoms with E-state index >= 15 is 0 Å². The molecule has 0 aliphatic carbocycles. The lowest BCUT2D eigenvalue weighted by atomic mass is 10.2. The summed E-state index contributed by atoms with van der Waals surface area (Å²) in [5, 5.41) is 2.73. The molecule has 96 valence electrons. The van der Waals surface area contributed by atoms with Crippen LogP contribution in [0.15, 0.2) is 12.4 Å². The maximum atomic E-state index is 11.3. The standard InChI is InChI=1S/C12H21N3O2/c1-10-13-7-9-15(10)8-5-6-14-11(16)17-12(2,3)4/h7,9H,5-6,8H2,1-4H3,(H,14,16). The van der Waals surface area contributed by atoms with Crippen LogP contribution in [0.2, 0.25) is 0 Å². The number of carbonyl (C=O) groups is 1. The zero-order valence-corrected chi connectivity index (χ0v) is 11.0. The molecule has 1 heterocycles. The highest BCUT2D eigenvalue weighted by atomic mass is 16.6. The molecule has 0 aromatic carbocycles. The molecule has 0 fully saturated rings. The first-order valence-corrected chi connectivity index (χ1v) is 5.83. The first-order valence-electron chi connectivity index (χ1n) is 5.83. The molecule has 0 aliphatic heterocycles. The van der Waals surface area contributed by atoms with Crippen molar-refractivity contribution in [2.45, 2.75) is 46.3 Å². The smallest absolute Gasteiger partial charge is 0.407 e. The molecule has 0 atom stereocenters. The number of hydrogen-bond acceptors (Lipinski definition) is 3. The van der Waals surface area contributed by atoms with Crippen molar-refractivity contribution in [1.82, 2.24) is 14.9 Å². The fourth-order valence-corrected chi connectivity index (χ4v) is 1.39. The van der Waals surface area contributed by atoms with Crippen molar-refractivity contribution in [1.29, 1.82) is 0 Å². The van der Waals surface area contributed by atoms with E-state index in [9.17, 15) is 4.79 Å². The van der Waals surface area contributed by atoms with E-state index in [1.807, 2.05) is 33.9 Å². The van der Waals surface area contributed by atoms with Crippen molar-refractivity contribution in [2.75, 3.05) is 6.54 Å². The maximum absolute atomic E-state index is 11.3. The van der Waals surface area contributed by atoms with E-state index in [2.05, 4.69) is 14.9 Å². The Morgan fingerprint density at radius 1 is 1.53 bits per heavy atom. The Hall–Kier alpha value is -1.52. The Morgan fingerprint density at radius 3 is 2.76 bits per heavy atom. The molecule has 0 unspecified atom stereocenters. The van der Waals surface area contributed by atoms with E-state index < -0.39 is 5.60 Å². The molecule has 0 saturated heterocycles. The van der Waals surface area contributed by atoms with Crippen molar-refractivity contribution in [3.8, 4) is 0 Å². The monoisotopic (exact) mass is 239 g/mol. The summed E-state index contributed by atoms with van der Waals surface area (Å²) in [5.74, 6) is 0.988. The third kappa shape index (κ3) is 5.38. The van der Waals surface area contributed by atoms with Gasteiger partial charge < -0.3 is 14.6 Å². The molecule has 5 nitrogen and oxygen atoms in total. The fourth-order valence-electron chi connectivity index (χ4n) is 1.39. The minimum atomic E-state index is -0.439. The number of hydrogen-bond donors (Lipinski definition) is 1. The summed E-state index contributed by atoms with van der Waals surface area (Å²) >= 11 is 0. The van der Waals surface area contributed by atoms with E-state index in [-0.39, 0.29) is 6.09 Å². The largest absolute Gasteiger partial charge is 0.444 e. The van der Waals surface area contributed by atoms with Gasteiger partial charge in [-0.15, -0.1) is 0 Å². The molecular formula is C12H21N3O2. The number of rotatable bonds is 4. The molecule has 0 aliphatic rings. The van der Waals surface area contributed by atoms with Gasteiger partial charge in [0.05, 0.1) is 0 Å². The normalized spacial score (nSPS) is 11.3. The number of amides is 1. The maximum Gasteiger partial charge on any atom is 0.407 e. The summed E-state index contributed by atoms with van der Waals surface area (Å²) in [6, 6.07) is 0. The molecule has 0 bridgehead atoms. The average molecular weight is 239 g/mol. The number of alkyl carbamates (subject to hydrolysis) is 1. The van der Waals surface area contributed by atoms with Crippen LogP contribution >= 0.6 is 0 Å². The SMILES string of the molecule is Cc1nccn1CCCNC(=O)OC(C)(C)C. The Bertz CT molecular complexity index is 366. The van der Waals surface area contributed by atoms with E-state index in [1.54, 1.807) is 6.20 Å². The zero-order chi connectivity index (χ0) is 12.9. The Morgan fingerprint density at radius 2 is 2.24 bits per heavy atom. The second-order valence-corrected chi connectivity index (χ2v) is 4.95. The fraction of sp³-hybridized carbons (Fsp3) is 0.667. The van der Waals surface area contributed by atoms with Crippen LogP contribution in [0.5, 0.6) is 0 Å².